The van der Waals surface area contributed by atoms with Crippen LogP contribution in [0.15, 0.2) is 54.9 Å². The van der Waals surface area contributed by atoms with E-state index in [4.69, 9.17) is 9.47 Å². The smallest absolute Gasteiger partial charge is 0.343 e. The Balaban J connectivity index is 1.68. The first-order valence-electron chi connectivity index (χ1n) is 7.67. The summed E-state index contributed by atoms with van der Waals surface area (Å²) in [5.74, 6) is 0.358. The van der Waals surface area contributed by atoms with Crippen molar-refractivity contribution in [3.63, 3.8) is 0 Å². The molecule has 3 rings (SSSR count). The summed E-state index contributed by atoms with van der Waals surface area (Å²) in [5, 5.41) is 7.41. The maximum absolute atomic E-state index is 11.6. The molecule has 1 aromatic carbocycles. The van der Waals surface area contributed by atoms with E-state index in [9.17, 15) is 4.79 Å². The quantitative estimate of drug-likeness (QED) is 0.696. The first kappa shape index (κ1) is 16.5. The van der Waals surface area contributed by atoms with Crippen molar-refractivity contribution >= 4 is 11.8 Å². The average Bonchev–Trinajstić information content (AvgIpc) is 3.20. The summed E-state index contributed by atoms with van der Waals surface area (Å²) in [7, 11) is 2.79. The number of anilines is 1. The first-order valence-corrected chi connectivity index (χ1v) is 7.67. The molecule has 7 nitrogen and oxygen atoms in total. The van der Waals surface area contributed by atoms with E-state index in [0.29, 0.717) is 17.9 Å². The van der Waals surface area contributed by atoms with Crippen molar-refractivity contribution in [1.82, 2.24) is 14.8 Å². The van der Waals surface area contributed by atoms with Crippen LogP contribution in [-0.4, -0.2) is 35.0 Å². The summed E-state index contributed by atoms with van der Waals surface area (Å²) < 4.78 is 11.7. The van der Waals surface area contributed by atoms with Crippen LogP contribution in [0.4, 0.5) is 5.82 Å². The van der Waals surface area contributed by atoms with Gasteiger partial charge in [-0.15, -0.1) is 0 Å². The zero-order valence-corrected chi connectivity index (χ0v) is 14.0. The van der Waals surface area contributed by atoms with Gasteiger partial charge in [0.25, 0.3) is 0 Å². The molecule has 0 aliphatic carbocycles. The predicted octanol–water partition coefficient (Wildman–Crippen LogP) is 2.67. The summed E-state index contributed by atoms with van der Waals surface area (Å²) in [5.41, 5.74) is 2.38. The monoisotopic (exact) mass is 338 g/mol. The molecule has 0 unspecified atom stereocenters. The zero-order chi connectivity index (χ0) is 17.6. The second kappa shape index (κ2) is 7.48. The molecule has 0 aliphatic heterocycles. The van der Waals surface area contributed by atoms with Gasteiger partial charge < -0.3 is 14.8 Å². The highest BCUT2D eigenvalue weighted by Crippen LogP contribution is 2.20. The molecular formula is C18H18N4O3. The molecule has 2 aromatic heterocycles. The van der Waals surface area contributed by atoms with Gasteiger partial charge in [-0.3, -0.25) is 0 Å². The van der Waals surface area contributed by atoms with E-state index in [2.05, 4.69) is 15.4 Å². The van der Waals surface area contributed by atoms with Gasteiger partial charge in [0, 0.05) is 18.9 Å². The summed E-state index contributed by atoms with van der Waals surface area (Å²) in [4.78, 5) is 15.9. The van der Waals surface area contributed by atoms with E-state index in [1.54, 1.807) is 23.0 Å². The highest BCUT2D eigenvalue weighted by molar-refractivity contribution is 5.92. The zero-order valence-electron chi connectivity index (χ0n) is 14.0. The van der Waals surface area contributed by atoms with E-state index in [0.717, 1.165) is 11.3 Å². The number of pyridine rings is 1. The minimum Gasteiger partial charge on any atom is -0.480 e. The maximum Gasteiger partial charge on any atom is 0.343 e. The summed E-state index contributed by atoms with van der Waals surface area (Å²) >= 11 is 0. The molecule has 128 valence electrons. The number of esters is 1. The standard InChI is InChI=1S/C18H18N4O3/c1-24-17-15(18(23)25-2)8-9-16(21-17)19-12-13-4-6-14(7-5-13)22-11-3-10-20-22/h3-11H,12H2,1-2H3,(H,19,21). The van der Waals surface area contributed by atoms with Crippen LogP contribution in [0.25, 0.3) is 5.69 Å². The van der Waals surface area contributed by atoms with Gasteiger partial charge in [0.2, 0.25) is 5.88 Å². The van der Waals surface area contributed by atoms with Crippen LogP contribution in [0.2, 0.25) is 0 Å². The SMILES string of the molecule is COC(=O)c1ccc(NCc2ccc(-n3cccn3)cc2)nc1OC. The molecule has 0 saturated carbocycles. The highest BCUT2D eigenvalue weighted by atomic mass is 16.5. The summed E-state index contributed by atoms with van der Waals surface area (Å²) in [6.07, 6.45) is 3.64. The molecule has 2 heterocycles. The van der Waals surface area contributed by atoms with Gasteiger partial charge in [0.15, 0.2) is 0 Å². The molecule has 0 spiro atoms. The van der Waals surface area contributed by atoms with Crippen LogP contribution in [-0.2, 0) is 11.3 Å². The lowest BCUT2D eigenvalue weighted by molar-refractivity contribution is 0.0596. The van der Waals surface area contributed by atoms with Crippen molar-refractivity contribution < 1.29 is 14.3 Å². The number of rotatable bonds is 6. The molecule has 3 aromatic rings. The number of carbonyl (C=O) groups excluding carboxylic acids is 1. The van der Waals surface area contributed by atoms with E-state index < -0.39 is 5.97 Å². The Morgan fingerprint density at radius 2 is 1.96 bits per heavy atom. The minimum atomic E-state index is -0.481. The van der Waals surface area contributed by atoms with E-state index >= 15 is 0 Å². The van der Waals surface area contributed by atoms with Crippen molar-refractivity contribution in [1.29, 1.82) is 0 Å². The Morgan fingerprint density at radius 3 is 2.60 bits per heavy atom. The molecule has 0 aliphatic rings. The van der Waals surface area contributed by atoms with Crippen LogP contribution in [0.1, 0.15) is 15.9 Å². The second-order valence-electron chi connectivity index (χ2n) is 5.22. The van der Waals surface area contributed by atoms with Crippen LogP contribution in [0, 0.1) is 0 Å². The molecule has 0 radical (unpaired) electrons. The van der Waals surface area contributed by atoms with Crippen molar-refractivity contribution in [2.24, 2.45) is 0 Å². The lowest BCUT2D eigenvalue weighted by Gasteiger charge is -2.10. The highest BCUT2D eigenvalue weighted by Gasteiger charge is 2.14. The second-order valence-corrected chi connectivity index (χ2v) is 5.22. The van der Waals surface area contributed by atoms with Crippen LogP contribution < -0.4 is 10.1 Å². The summed E-state index contributed by atoms with van der Waals surface area (Å²) in [6, 6.07) is 13.3. The number of hydrogen-bond acceptors (Lipinski definition) is 6. The number of ether oxygens (including phenoxy) is 2. The van der Waals surface area contributed by atoms with E-state index in [1.807, 2.05) is 36.5 Å². The molecule has 25 heavy (non-hydrogen) atoms. The van der Waals surface area contributed by atoms with Crippen LogP contribution >= 0.6 is 0 Å². The molecule has 0 fully saturated rings. The third-order valence-electron chi connectivity index (χ3n) is 3.64. The Labute approximate surface area is 145 Å². The molecular weight excluding hydrogens is 320 g/mol. The van der Waals surface area contributed by atoms with Gasteiger partial charge >= 0.3 is 5.97 Å². The van der Waals surface area contributed by atoms with E-state index in [-0.39, 0.29) is 5.88 Å². The van der Waals surface area contributed by atoms with Gasteiger partial charge in [-0.1, -0.05) is 12.1 Å². The average molecular weight is 338 g/mol. The number of aromatic nitrogens is 3. The number of nitrogens with one attached hydrogen (secondary N) is 1. The first-order chi connectivity index (χ1) is 12.2. The van der Waals surface area contributed by atoms with Gasteiger partial charge in [-0.05, 0) is 35.9 Å². The summed E-state index contributed by atoms with van der Waals surface area (Å²) in [6.45, 7) is 0.590. The Morgan fingerprint density at radius 1 is 1.16 bits per heavy atom. The fourth-order valence-corrected chi connectivity index (χ4v) is 2.34. The van der Waals surface area contributed by atoms with Crippen molar-refractivity contribution in [2.75, 3.05) is 19.5 Å². The molecule has 1 N–H and O–H groups in total. The molecule has 0 saturated heterocycles. The minimum absolute atomic E-state index is 0.228. The van der Waals surface area contributed by atoms with Crippen molar-refractivity contribution in [2.45, 2.75) is 6.54 Å². The van der Waals surface area contributed by atoms with Crippen LogP contribution in [0.5, 0.6) is 5.88 Å². The Hall–Kier alpha value is -3.35. The normalized spacial score (nSPS) is 10.3. The third-order valence-corrected chi connectivity index (χ3v) is 3.64. The number of carbonyl (C=O) groups is 1. The molecule has 0 bridgehead atoms. The van der Waals surface area contributed by atoms with Gasteiger partial charge in [-0.2, -0.15) is 10.1 Å². The fraction of sp³-hybridized carbons (Fsp3) is 0.167. The topological polar surface area (TPSA) is 78.3 Å². The maximum atomic E-state index is 11.6. The lowest BCUT2D eigenvalue weighted by atomic mass is 10.2. The predicted molar refractivity (Wildman–Crippen MR) is 93.0 cm³/mol. The fourth-order valence-electron chi connectivity index (χ4n) is 2.34. The van der Waals surface area contributed by atoms with Crippen molar-refractivity contribution in [3.05, 3.63) is 66.0 Å². The van der Waals surface area contributed by atoms with Gasteiger partial charge in [0.1, 0.15) is 11.4 Å². The Kier molecular flexibility index (Phi) is 4.94. The molecule has 0 atom stereocenters. The largest absolute Gasteiger partial charge is 0.480 e. The third kappa shape index (κ3) is 3.77. The lowest BCUT2D eigenvalue weighted by Crippen LogP contribution is -2.08. The number of hydrogen-bond donors (Lipinski definition) is 1. The molecule has 0 amide bonds. The number of benzene rings is 1. The Bertz CT molecular complexity index is 845. The van der Waals surface area contributed by atoms with Gasteiger partial charge in [-0.25, -0.2) is 9.48 Å². The number of methoxy groups -OCH3 is 2. The number of nitrogens with zero attached hydrogens (tertiary/aromatic N) is 3. The van der Waals surface area contributed by atoms with Crippen LogP contribution in [0.3, 0.4) is 0 Å². The van der Waals surface area contributed by atoms with Crippen molar-refractivity contribution in [3.8, 4) is 11.6 Å². The van der Waals surface area contributed by atoms with E-state index in [1.165, 1.54) is 14.2 Å². The molecule has 7 heteroatoms. The van der Waals surface area contributed by atoms with Gasteiger partial charge in [0.05, 0.1) is 19.9 Å².